The maximum absolute atomic E-state index is 11.9. The summed E-state index contributed by atoms with van der Waals surface area (Å²) in [5.74, 6) is -0.301. The van der Waals surface area contributed by atoms with E-state index in [2.05, 4.69) is 15.3 Å². The number of esters is 1. The lowest BCUT2D eigenvalue weighted by molar-refractivity contribution is 0.0605. The fraction of sp³-hybridized carbons (Fsp3) is 0.125. The first kappa shape index (κ1) is 15.9. The van der Waals surface area contributed by atoms with Crippen molar-refractivity contribution in [2.24, 2.45) is 5.73 Å². The predicted molar refractivity (Wildman–Crippen MR) is 91.7 cm³/mol. The molecule has 0 aliphatic rings. The van der Waals surface area contributed by atoms with Crippen molar-refractivity contribution in [2.45, 2.75) is 6.92 Å². The van der Waals surface area contributed by atoms with E-state index in [0.717, 1.165) is 16.6 Å². The van der Waals surface area contributed by atoms with Crippen LogP contribution in [0.25, 0.3) is 10.2 Å². The van der Waals surface area contributed by atoms with Crippen LogP contribution in [0, 0.1) is 6.92 Å². The lowest BCUT2D eigenvalue weighted by atomic mass is 10.2. The van der Waals surface area contributed by atoms with Crippen LogP contribution in [0.3, 0.4) is 0 Å². The zero-order valence-corrected chi connectivity index (χ0v) is 13.8. The molecule has 7 nitrogen and oxygen atoms in total. The van der Waals surface area contributed by atoms with E-state index in [9.17, 15) is 9.59 Å². The first-order valence-corrected chi connectivity index (χ1v) is 7.82. The molecule has 0 aliphatic heterocycles. The quantitative estimate of drug-likeness (QED) is 0.706. The summed E-state index contributed by atoms with van der Waals surface area (Å²) < 4.78 is 4.80. The summed E-state index contributed by atoms with van der Waals surface area (Å²) in [5.41, 5.74) is 7.16. The molecule has 3 N–H and O–H groups in total. The van der Waals surface area contributed by atoms with Gasteiger partial charge in [-0.25, -0.2) is 14.8 Å². The predicted octanol–water partition coefficient (Wildman–Crippen LogP) is 2.63. The highest BCUT2D eigenvalue weighted by Gasteiger charge is 2.19. The average molecular weight is 342 g/mol. The number of primary amides is 1. The maximum atomic E-state index is 11.9. The van der Waals surface area contributed by atoms with Crippen molar-refractivity contribution in [1.29, 1.82) is 0 Å². The average Bonchev–Trinajstić information content (AvgIpc) is 2.92. The van der Waals surface area contributed by atoms with Crippen LogP contribution >= 0.6 is 11.3 Å². The largest absolute Gasteiger partial charge is 0.465 e. The number of anilines is 2. The molecule has 0 saturated carbocycles. The molecule has 0 atom stereocenters. The molecule has 0 fully saturated rings. The third-order valence-corrected chi connectivity index (χ3v) is 4.71. The maximum Gasteiger partial charge on any atom is 0.348 e. The number of hydrogen-bond acceptors (Lipinski definition) is 7. The van der Waals surface area contributed by atoms with Crippen LogP contribution in [-0.4, -0.2) is 29.0 Å². The Balaban J connectivity index is 2.02. The van der Waals surface area contributed by atoms with Gasteiger partial charge < -0.3 is 15.8 Å². The number of rotatable bonds is 4. The van der Waals surface area contributed by atoms with Gasteiger partial charge in [-0.15, -0.1) is 11.3 Å². The molecule has 0 unspecified atom stereocenters. The molecule has 24 heavy (non-hydrogen) atoms. The Morgan fingerprint density at radius 1 is 1.21 bits per heavy atom. The second kappa shape index (κ2) is 6.25. The van der Waals surface area contributed by atoms with Gasteiger partial charge in [0.2, 0.25) is 5.91 Å². The van der Waals surface area contributed by atoms with Crippen molar-refractivity contribution in [3.8, 4) is 0 Å². The number of thiophene rings is 1. The van der Waals surface area contributed by atoms with E-state index < -0.39 is 11.9 Å². The molecule has 1 aromatic carbocycles. The Kier molecular flexibility index (Phi) is 4.13. The summed E-state index contributed by atoms with van der Waals surface area (Å²) in [6.45, 7) is 1.83. The van der Waals surface area contributed by atoms with E-state index in [0.29, 0.717) is 21.1 Å². The number of aryl methyl sites for hydroxylation is 1. The molecule has 0 radical (unpaired) electrons. The molecule has 2 heterocycles. The summed E-state index contributed by atoms with van der Waals surface area (Å²) in [5, 5.41) is 3.94. The fourth-order valence-corrected chi connectivity index (χ4v) is 3.38. The number of nitrogens with two attached hydrogens (primary N) is 1. The van der Waals surface area contributed by atoms with E-state index >= 15 is 0 Å². The van der Waals surface area contributed by atoms with Gasteiger partial charge in [0.1, 0.15) is 21.9 Å². The molecular formula is C16H14N4O3S. The minimum Gasteiger partial charge on any atom is -0.465 e. The van der Waals surface area contributed by atoms with Crippen molar-refractivity contribution in [3.05, 3.63) is 46.6 Å². The lowest BCUT2D eigenvalue weighted by Gasteiger charge is -2.07. The van der Waals surface area contributed by atoms with Gasteiger partial charge in [0.05, 0.1) is 12.5 Å². The number of amides is 1. The van der Waals surface area contributed by atoms with Gasteiger partial charge in [-0.05, 0) is 36.8 Å². The second-order valence-electron chi connectivity index (χ2n) is 5.02. The number of methoxy groups -OCH3 is 1. The van der Waals surface area contributed by atoms with E-state index in [-0.39, 0.29) is 0 Å². The molecule has 0 spiro atoms. The van der Waals surface area contributed by atoms with Crippen LogP contribution in [0.5, 0.6) is 0 Å². The summed E-state index contributed by atoms with van der Waals surface area (Å²) in [6, 6.07) is 6.72. The number of fused-ring (bicyclic) bond motifs is 1. The molecule has 3 aromatic rings. The van der Waals surface area contributed by atoms with Gasteiger partial charge in [0.15, 0.2) is 0 Å². The highest BCUT2D eigenvalue weighted by atomic mass is 32.1. The van der Waals surface area contributed by atoms with Gasteiger partial charge in [-0.1, -0.05) is 0 Å². The number of nitrogens with one attached hydrogen (secondary N) is 1. The number of aromatic nitrogens is 2. The van der Waals surface area contributed by atoms with Crippen molar-refractivity contribution >= 4 is 44.9 Å². The van der Waals surface area contributed by atoms with E-state index in [1.165, 1.54) is 24.8 Å². The van der Waals surface area contributed by atoms with Crippen molar-refractivity contribution in [1.82, 2.24) is 9.97 Å². The monoisotopic (exact) mass is 342 g/mol. The lowest BCUT2D eigenvalue weighted by Crippen LogP contribution is -2.10. The van der Waals surface area contributed by atoms with Crippen LogP contribution in [0.15, 0.2) is 30.6 Å². The van der Waals surface area contributed by atoms with Gasteiger partial charge >= 0.3 is 5.97 Å². The van der Waals surface area contributed by atoms with Gasteiger partial charge in [-0.2, -0.15) is 0 Å². The minimum absolute atomic E-state index is 0.396. The first-order valence-electron chi connectivity index (χ1n) is 7.00. The third kappa shape index (κ3) is 2.79. The Morgan fingerprint density at radius 2 is 1.92 bits per heavy atom. The van der Waals surface area contributed by atoms with Gasteiger partial charge in [0, 0.05) is 11.3 Å². The second-order valence-corrected chi connectivity index (χ2v) is 6.02. The van der Waals surface area contributed by atoms with E-state index in [1.807, 2.05) is 6.92 Å². The van der Waals surface area contributed by atoms with Gasteiger partial charge in [0.25, 0.3) is 0 Å². The highest BCUT2D eigenvalue weighted by molar-refractivity contribution is 7.20. The van der Waals surface area contributed by atoms with Crippen LogP contribution in [0.2, 0.25) is 0 Å². The molecule has 122 valence electrons. The van der Waals surface area contributed by atoms with Crippen molar-refractivity contribution in [2.75, 3.05) is 12.4 Å². The number of nitrogens with zero attached hydrogens (tertiary/aromatic N) is 2. The molecule has 0 saturated heterocycles. The fourth-order valence-electron chi connectivity index (χ4n) is 2.31. The molecular weight excluding hydrogens is 328 g/mol. The van der Waals surface area contributed by atoms with Crippen molar-refractivity contribution in [3.63, 3.8) is 0 Å². The van der Waals surface area contributed by atoms with Gasteiger partial charge in [-0.3, -0.25) is 4.79 Å². The van der Waals surface area contributed by atoms with Crippen LogP contribution in [-0.2, 0) is 4.74 Å². The topological polar surface area (TPSA) is 107 Å². The summed E-state index contributed by atoms with van der Waals surface area (Å²) >= 11 is 1.26. The number of ether oxygens (including phenoxy) is 1. The number of carbonyl (C=O) groups is 2. The van der Waals surface area contributed by atoms with E-state index in [4.69, 9.17) is 10.5 Å². The highest BCUT2D eigenvalue weighted by Crippen LogP contribution is 2.34. The molecule has 8 heteroatoms. The normalized spacial score (nSPS) is 10.6. The third-order valence-electron chi connectivity index (χ3n) is 3.53. The smallest absolute Gasteiger partial charge is 0.348 e. The number of hydrogen-bond donors (Lipinski definition) is 2. The summed E-state index contributed by atoms with van der Waals surface area (Å²) in [4.78, 5) is 32.6. The van der Waals surface area contributed by atoms with Crippen molar-refractivity contribution < 1.29 is 14.3 Å². The molecule has 3 rings (SSSR count). The number of benzene rings is 1. The standard InChI is InChI=1S/C16H14N4O3S/c1-8-11-14(20-10-5-3-9(4-6-10)13(17)21)18-7-19-15(11)24-12(8)16(22)23-2/h3-7H,1-2H3,(H2,17,21)(H,18,19,20). The van der Waals surface area contributed by atoms with Crippen LogP contribution in [0.4, 0.5) is 11.5 Å². The summed E-state index contributed by atoms with van der Waals surface area (Å²) in [6.07, 6.45) is 1.43. The Morgan fingerprint density at radius 3 is 2.54 bits per heavy atom. The zero-order chi connectivity index (χ0) is 17.3. The Labute approximate surface area is 141 Å². The van der Waals surface area contributed by atoms with Crippen LogP contribution in [0.1, 0.15) is 25.6 Å². The summed E-state index contributed by atoms with van der Waals surface area (Å²) in [7, 11) is 1.34. The molecule has 0 aliphatic carbocycles. The first-order chi connectivity index (χ1) is 11.5. The SMILES string of the molecule is COC(=O)c1sc2ncnc(Nc3ccc(C(N)=O)cc3)c2c1C. The minimum atomic E-state index is -0.484. The van der Waals surface area contributed by atoms with E-state index in [1.54, 1.807) is 24.3 Å². The Hall–Kier alpha value is -3.00. The molecule has 0 bridgehead atoms. The van der Waals surface area contributed by atoms with Crippen LogP contribution < -0.4 is 11.1 Å². The molecule has 2 aromatic heterocycles. The molecule has 1 amide bonds. The zero-order valence-electron chi connectivity index (χ0n) is 13.0. The Bertz CT molecular complexity index is 934. The number of carbonyl (C=O) groups excluding carboxylic acids is 2.